The largest absolute Gasteiger partial charge is 0.481 e. The van der Waals surface area contributed by atoms with Crippen molar-refractivity contribution < 1.29 is 24.2 Å². The lowest BCUT2D eigenvalue weighted by atomic mass is 9.85. The Hall–Kier alpha value is -1.34. The molecule has 0 aromatic carbocycles. The molecule has 2 atom stereocenters. The first-order valence-electron chi connectivity index (χ1n) is 6.32. The van der Waals surface area contributed by atoms with E-state index in [2.05, 4.69) is 5.32 Å². The zero-order valence-corrected chi connectivity index (χ0v) is 11.6. The Kier molecular flexibility index (Phi) is 5.56. The van der Waals surface area contributed by atoms with Crippen molar-refractivity contribution in [1.82, 2.24) is 10.2 Å². The van der Waals surface area contributed by atoms with Crippen LogP contribution in [0.1, 0.15) is 13.8 Å². The second-order valence-electron chi connectivity index (χ2n) is 4.86. The van der Waals surface area contributed by atoms with Gasteiger partial charge in [0, 0.05) is 20.2 Å². The van der Waals surface area contributed by atoms with Gasteiger partial charge in [0.25, 0.3) is 0 Å². The molecule has 1 rings (SSSR count). The van der Waals surface area contributed by atoms with Crippen LogP contribution in [0.5, 0.6) is 0 Å². The van der Waals surface area contributed by atoms with Crippen LogP contribution in [0.25, 0.3) is 0 Å². The molecular weight excluding hydrogens is 252 g/mol. The van der Waals surface area contributed by atoms with Crippen molar-refractivity contribution >= 4 is 12.0 Å². The van der Waals surface area contributed by atoms with E-state index < -0.39 is 17.4 Å². The fourth-order valence-corrected chi connectivity index (χ4v) is 1.79. The van der Waals surface area contributed by atoms with Gasteiger partial charge in [0.1, 0.15) is 5.41 Å². The molecule has 1 saturated heterocycles. The normalized spacial score (nSPS) is 26.2. The first-order chi connectivity index (χ1) is 8.91. The van der Waals surface area contributed by atoms with Crippen LogP contribution >= 0.6 is 0 Å². The quantitative estimate of drug-likeness (QED) is 0.673. The van der Waals surface area contributed by atoms with Gasteiger partial charge in [-0.3, -0.25) is 4.79 Å². The van der Waals surface area contributed by atoms with E-state index >= 15 is 0 Å². The van der Waals surface area contributed by atoms with Gasteiger partial charge in [-0.15, -0.1) is 0 Å². The summed E-state index contributed by atoms with van der Waals surface area (Å²) in [5.74, 6) is -0.965. The third-order valence-electron chi connectivity index (χ3n) is 3.36. The highest BCUT2D eigenvalue weighted by atomic mass is 16.5. The number of carbonyl (C=O) groups is 2. The molecular formula is C12H22N2O5. The predicted octanol–water partition coefficient (Wildman–Crippen LogP) is 0.154. The van der Waals surface area contributed by atoms with Crippen molar-refractivity contribution in [2.75, 3.05) is 40.0 Å². The molecule has 7 heteroatoms. The topological polar surface area (TPSA) is 88.1 Å². The standard InChI is InChI=1S/C12H22N2O5/c1-4-18-6-5-14(3)11(17)13-9-7-19-8-12(9,2)10(15)16/h9H,4-8H2,1-3H3,(H,13,17)(H,15,16). The van der Waals surface area contributed by atoms with Gasteiger partial charge in [0.2, 0.25) is 0 Å². The lowest BCUT2D eigenvalue weighted by Crippen LogP contribution is -2.53. The molecule has 7 nitrogen and oxygen atoms in total. The summed E-state index contributed by atoms with van der Waals surface area (Å²) < 4.78 is 10.3. The monoisotopic (exact) mass is 274 g/mol. The first kappa shape index (κ1) is 15.7. The molecule has 0 spiro atoms. The average Bonchev–Trinajstić information content (AvgIpc) is 2.72. The van der Waals surface area contributed by atoms with Crippen LogP contribution in [-0.4, -0.2) is 68.1 Å². The van der Waals surface area contributed by atoms with E-state index in [4.69, 9.17) is 9.47 Å². The van der Waals surface area contributed by atoms with E-state index in [1.165, 1.54) is 4.90 Å². The minimum atomic E-state index is -1.07. The fraction of sp³-hybridized carbons (Fsp3) is 0.833. The summed E-state index contributed by atoms with van der Waals surface area (Å²) in [5.41, 5.74) is -1.07. The molecule has 2 unspecified atom stereocenters. The van der Waals surface area contributed by atoms with Gasteiger partial charge in [-0.2, -0.15) is 0 Å². The Bertz CT molecular complexity index is 336. The zero-order chi connectivity index (χ0) is 14.5. The van der Waals surface area contributed by atoms with Crippen molar-refractivity contribution in [2.45, 2.75) is 19.9 Å². The summed E-state index contributed by atoms with van der Waals surface area (Å²) >= 11 is 0. The molecule has 0 aromatic heterocycles. The number of nitrogens with one attached hydrogen (secondary N) is 1. The van der Waals surface area contributed by atoms with Crippen molar-refractivity contribution in [2.24, 2.45) is 5.41 Å². The Balaban J connectivity index is 2.49. The molecule has 19 heavy (non-hydrogen) atoms. The summed E-state index contributed by atoms with van der Waals surface area (Å²) in [7, 11) is 1.64. The maximum atomic E-state index is 11.9. The van der Waals surface area contributed by atoms with Gasteiger partial charge in [0.15, 0.2) is 0 Å². The smallest absolute Gasteiger partial charge is 0.317 e. The maximum Gasteiger partial charge on any atom is 0.317 e. The summed E-state index contributed by atoms with van der Waals surface area (Å²) in [6.45, 7) is 5.29. The van der Waals surface area contributed by atoms with E-state index in [1.807, 2.05) is 6.92 Å². The van der Waals surface area contributed by atoms with E-state index in [1.54, 1.807) is 14.0 Å². The third kappa shape index (κ3) is 3.81. The Morgan fingerprint density at radius 1 is 1.58 bits per heavy atom. The van der Waals surface area contributed by atoms with Crippen LogP contribution in [-0.2, 0) is 14.3 Å². The summed E-state index contributed by atoms with van der Waals surface area (Å²) in [4.78, 5) is 24.6. The molecule has 2 amide bonds. The fourth-order valence-electron chi connectivity index (χ4n) is 1.79. The SMILES string of the molecule is CCOCCN(C)C(=O)NC1COCC1(C)C(=O)O. The highest BCUT2D eigenvalue weighted by Gasteiger charge is 2.47. The molecule has 0 aliphatic carbocycles. The number of hydrogen-bond donors (Lipinski definition) is 2. The highest BCUT2D eigenvalue weighted by Crippen LogP contribution is 2.28. The van der Waals surface area contributed by atoms with E-state index in [0.717, 1.165) is 0 Å². The highest BCUT2D eigenvalue weighted by molar-refractivity contribution is 5.79. The van der Waals surface area contributed by atoms with Crippen molar-refractivity contribution in [3.8, 4) is 0 Å². The van der Waals surface area contributed by atoms with Crippen LogP contribution < -0.4 is 5.32 Å². The number of rotatable bonds is 6. The number of carbonyl (C=O) groups excluding carboxylic acids is 1. The van der Waals surface area contributed by atoms with Crippen LogP contribution in [0.3, 0.4) is 0 Å². The number of ether oxygens (including phenoxy) is 2. The average molecular weight is 274 g/mol. The lowest BCUT2D eigenvalue weighted by Gasteiger charge is -2.27. The third-order valence-corrected chi connectivity index (χ3v) is 3.36. The first-order valence-corrected chi connectivity index (χ1v) is 6.32. The molecule has 0 aromatic rings. The van der Waals surface area contributed by atoms with Crippen LogP contribution in [0.15, 0.2) is 0 Å². The van der Waals surface area contributed by atoms with Crippen molar-refractivity contribution in [3.05, 3.63) is 0 Å². The number of aliphatic carboxylic acids is 1. The molecule has 1 fully saturated rings. The minimum absolute atomic E-state index is 0.107. The van der Waals surface area contributed by atoms with Gasteiger partial charge >= 0.3 is 12.0 Å². The number of likely N-dealkylation sites (N-methyl/N-ethyl adjacent to an activating group) is 1. The van der Waals surface area contributed by atoms with Gasteiger partial charge in [-0.25, -0.2) is 4.79 Å². The molecule has 1 aliphatic heterocycles. The number of urea groups is 1. The summed E-state index contributed by atoms with van der Waals surface area (Å²) in [6.07, 6.45) is 0. The van der Waals surface area contributed by atoms with Crippen molar-refractivity contribution in [3.63, 3.8) is 0 Å². The Morgan fingerprint density at radius 2 is 2.26 bits per heavy atom. The maximum absolute atomic E-state index is 11.9. The molecule has 2 N–H and O–H groups in total. The molecule has 1 aliphatic rings. The molecule has 0 radical (unpaired) electrons. The summed E-state index contributed by atoms with van der Waals surface area (Å²) in [5, 5.41) is 11.9. The number of amides is 2. The molecule has 110 valence electrons. The predicted molar refractivity (Wildman–Crippen MR) is 68.0 cm³/mol. The van der Waals surface area contributed by atoms with Gasteiger partial charge in [-0.1, -0.05) is 0 Å². The van der Waals surface area contributed by atoms with Crippen LogP contribution in [0.4, 0.5) is 4.79 Å². The second-order valence-corrected chi connectivity index (χ2v) is 4.86. The Labute approximate surface area is 112 Å². The van der Waals surface area contributed by atoms with Gasteiger partial charge in [-0.05, 0) is 13.8 Å². The van der Waals surface area contributed by atoms with E-state index in [0.29, 0.717) is 19.8 Å². The number of nitrogens with zero attached hydrogens (tertiary/aromatic N) is 1. The second kappa shape index (κ2) is 6.72. The molecule has 0 bridgehead atoms. The minimum Gasteiger partial charge on any atom is -0.481 e. The lowest BCUT2D eigenvalue weighted by molar-refractivity contribution is -0.148. The Morgan fingerprint density at radius 3 is 2.84 bits per heavy atom. The molecule has 0 saturated carbocycles. The van der Waals surface area contributed by atoms with Crippen LogP contribution in [0.2, 0.25) is 0 Å². The van der Waals surface area contributed by atoms with Crippen LogP contribution in [0, 0.1) is 5.41 Å². The number of carboxylic acid groups (broad SMARTS) is 1. The van der Waals surface area contributed by atoms with E-state index in [9.17, 15) is 14.7 Å². The summed E-state index contributed by atoms with van der Waals surface area (Å²) in [6, 6.07) is -0.838. The number of carboxylic acids is 1. The zero-order valence-electron chi connectivity index (χ0n) is 11.6. The molecule has 1 heterocycles. The van der Waals surface area contributed by atoms with E-state index in [-0.39, 0.29) is 19.2 Å². The number of hydrogen-bond acceptors (Lipinski definition) is 4. The van der Waals surface area contributed by atoms with Gasteiger partial charge in [0.05, 0.1) is 25.9 Å². The van der Waals surface area contributed by atoms with Gasteiger partial charge < -0.3 is 24.8 Å². The van der Waals surface area contributed by atoms with Crippen molar-refractivity contribution in [1.29, 1.82) is 0 Å².